The molecule has 1 aliphatic heterocycles. The molecule has 0 aliphatic carbocycles. The summed E-state index contributed by atoms with van der Waals surface area (Å²) in [5.74, 6) is 0.902. The summed E-state index contributed by atoms with van der Waals surface area (Å²) in [5.41, 5.74) is 1.25. The highest BCUT2D eigenvalue weighted by atomic mass is 32.1. The van der Waals surface area contributed by atoms with Gasteiger partial charge in [0.1, 0.15) is 17.4 Å². The van der Waals surface area contributed by atoms with Crippen LogP contribution in [0.1, 0.15) is 15.6 Å². The largest absolute Gasteiger partial charge is 0.486 e. The number of hydrogen-bond acceptors (Lipinski definition) is 4. The molecule has 2 heterocycles. The third-order valence-corrected chi connectivity index (χ3v) is 3.82. The third kappa shape index (κ3) is 2.48. The summed E-state index contributed by atoms with van der Waals surface area (Å²) in [4.78, 5) is 5.98. The molecule has 0 saturated heterocycles. The van der Waals surface area contributed by atoms with E-state index in [0.717, 1.165) is 30.3 Å². The smallest absolute Gasteiger partial charge is 0.140 e. The molecule has 4 heteroatoms. The van der Waals surface area contributed by atoms with Crippen LogP contribution >= 0.6 is 11.3 Å². The predicted octanol–water partition coefficient (Wildman–Crippen LogP) is 2.37. The Kier molecular flexibility index (Phi) is 3.07. The molecule has 2 aromatic rings. The van der Waals surface area contributed by atoms with Gasteiger partial charge >= 0.3 is 0 Å². The zero-order valence-electron chi connectivity index (χ0n) is 9.48. The molecule has 0 atom stereocenters. The molecule has 1 aliphatic rings. The third-order valence-electron chi connectivity index (χ3n) is 2.75. The second kappa shape index (κ2) is 4.85. The maximum Gasteiger partial charge on any atom is 0.140 e. The maximum atomic E-state index is 5.70. The summed E-state index contributed by atoms with van der Waals surface area (Å²) >= 11 is 1.76. The fraction of sp³-hybridized carbons (Fsp3) is 0.308. The molecule has 0 fully saturated rings. The van der Waals surface area contributed by atoms with Gasteiger partial charge in [-0.3, -0.25) is 0 Å². The van der Waals surface area contributed by atoms with Crippen LogP contribution in [0.3, 0.4) is 0 Å². The predicted molar refractivity (Wildman–Crippen MR) is 68.3 cm³/mol. The van der Waals surface area contributed by atoms with Gasteiger partial charge in [0, 0.05) is 24.4 Å². The highest BCUT2D eigenvalue weighted by Gasteiger charge is 2.14. The number of para-hydroxylation sites is 1. The number of nitrogens with one attached hydrogen (secondary N) is 1. The molecule has 88 valence electrons. The van der Waals surface area contributed by atoms with Crippen LogP contribution in [0.15, 0.2) is 30.3 Å². The number of ether oxygens (including phenoxy) is 1. The molecule has 1 aromatic heterocycles. The minimum Gasteiger partial charge on any atom is -0.486 e. The summed E-state index contributed by atoms with van der Waals surface area (Å²) in [7, 11) is 0. The second-order valence-corrected chi connectivity index (χ2v) is 5.17. The standard InChI is InChI=1S/C13H14N2OS/c1-2-4-10(5-3-1)16-9-13-15-11-6-7-14-8-12(11)17-13/h1-5,14H,6-9H2. The lowest BCUT2D eigenvalue weighted by atomic mass is 10.2. The average molecular weight is 246 g/mol. The van der Waals surface area contributed by atoms with Crippen molar-refractivity contribution in [3.8, 4) is 5.75 Å². The van der Waals surface area contributed by atoms with E-state index in [9.17, 15) is 0 Å². The molecule has 1 N–H and O–H groups in total. The van der Waals surface area contributed by atoms with Crippen LogP contribution in [0.4, 0.5) is 0 Å². The number of nitrogens with zero attached hydrogens (tertiary/aromatic N) is 1. The molecule has 0 spiro atoms. The van der Waals surface area contributed by atoms with Crippen molar-refractivity contribution in [1.29, 1.82) is 0 Å². The molecule has 0 amide bonds. The van der Waals surface area contributed by atoms with Gasteiger partial charge in [-0.05, 0) is 12.1 Å². The van der Waals surface area contributed by atoms with E-state index in [4.69, 9.17) is 4.74 Å². The van der Waals surface area contributed by atoms with Gasteiger partial charge < -0.3 is 10.1 Å². The summed E-state index contributed by atoms with van der Waals surface area (Å²) in [6.07, 6.45) is 1.04. The van der Waals surface area contributed by atoms with Gasteiger partial charge in [-0.2, -0.15) is 0 Å². The van der Waals surface area contributed by atoms with Crippen molar-refractivity contribution in [2.24, 2.45) is 0 Å². The van der Waals surface area contributed by atoms with Crippen molar-refractivity contribution in [1.82, 2.24) is 10.3 Å². The number of aromatic nitrogens is 1. The zero-order valence-corrected chi connectivity index (χ0v) is 10.3. The highest BCUT2D eigenvalue weighted by molar-refractivity contribution is 7.11. The number of fused-ring (bicyclic) bond motifs is 1. The zero-order chi connectivity index (χ0) is 11.5. The van der Waals surface area contributed by atoms with Gasteiger partial charge in [0.15, 0.2) is 0 Å². The van der Waals surface area contributed by atoms with Crippen LogP contribution < -0.4 is 10.1 Å². The molecular weight excluding hydrogens is 232 g/mol. The van der Waals surface area contributed by atoms with Crippen molar-refractivity contribution in [2.75, 3.05) is 6.54 Å². The Morgan fingerprint density at radius 2 is 2.18 bits per heavy atom. The van der Waals surface area contributed by atoms with Gasteiger partial charge in [0.25, 0.3) is 0 Å². The molecule has 3 rings (SSSR count). The Balaban J connectivity index is 1.67. The lowest BCUT2D eigenvalue weighted by molar-refractivity contribution is 0.305. The van der Waals surface area contributed by atoms with E-state index in [1.807, 2.05) is 30.3 Å². The van der Waals surface area contributed by atoms with Crippen LogP contribution in [0, 0.1) is 0 Å². The topological polar surface area (TPSA) is 34.1 Å². The van der Waals surface area contributed by atoms with Gasteiger partial charge in [-0.1, -0.05) is 18.2 Å². The summed E-state index contributed by atoms with van der Waals surface area (Å²) < 4.78 is 5.70. The van der Waals surface area contributed by atoms with E-state index in [0.29, 0.717) is 6.61 Å². The van der Waals surface area contributed by atoms with E-state index in [2.05, 4.69) is 10.3 Å². The lowest BCUT2D eigenvalue weighted by Gasteiger charge is -2.09. The van der Waals surface area contributed by atoms with Crippen molar-refractivity contribution >= 4 is 11.3 Å². The van der Waals surface area contributed by atoms with Crippen LogP contribution in [0.25, 0.3) is 0 Å². The highest BCUT2D eigenvalue weighted by Crippen LogP contribution is 2.22. The first-order chi connectivity index (χ1) is 8.42. The number of thiazole rings is 1. The van der Waals surface area contributed by atoms with E-state index in [-0.39, 0.29) is 0 Å². The molecule has 3 nitrogen and oxygen atoms in total. The van der Waals surface area contributed by atoms with Crippen LogP contribution in [-0.4, -0.2) is 11.5 Å². The van der Waals surface area contributed by atoms with Crippen molar-refractivity contribution in [2.45, 2.75) is 19.6 Å². The molecule has 0 radical (unpaired) electrons. The maximum absolute atomic E-state index is 5.70. The van der Waals surface area contributed by atoms with Gasteiger partial charge in [0.2, 0.25) is 0 Å². The molecule has 0 saturated carbocycles. The van der Waals surface area contributed by atoms with Crippen LogP contribution in [0.5, 0.6) is 5.75 Å². The van der Waals surface area contributed by atoms with Gasteiger partial charge in [-0.25, -0.2) is 4.98 Å². The van der Waals surface area contributed by atoms with E-state index >= 15 is 0 Å². The first kappa shape index (κ1) is 10.7. The van der Waals surface area contributed by atoms with Crippen molar-refractivity contribution in [3.63, 3.8) is 0 Å². The minimum absolute atomic E-state index is 0.571. The Bertz CT molecular complexity index is 472. The van der Waals surface area contributed by atoms with Crippen molar-refractivity contribution < 1.29 is 4.74 Å². The molecule has 1 aromatic carbocycles. The fourth-order valence-corrected chi connectivity index (χ4v) is 2.90. The Hall–Kier alpha value is -1.39. The second-order valence-electron chi connectivity index (χ2n) is 4.01. The van der Waals surface area contributed by atoms with E-state index < -0.39 is 0 Å². The molecule has 0 unspecified atom stereocenters. The fourth-order valence-electron chi connectivity index (χ4n) is 1.90. The minimum atomic E-state index is 0.571. The Morgan fingerprint density at radius 3 is 3.00 bits per heavy atom. The first-order valence-electron chi connectivity index (χ1n) is 5.78. The number of benzene rings is 1. The average Bonchev–Trinajstić information content (AvgIpc) is 2.80. The molecule has 0 bridgehead atoms. The van der Waals surface area contributed by atoms with Gasteiger partial charge in [-0.15, -0.1) is 11.3 Å². The van der Waals surface area contributed by atoms with E-state index in [1.54, 1.807) is 11.3 Å². The number of rotatable bonds is 3. The van der Waals surface area contributed by atoms with E-state index in [1.165, 1.54) is 10.6 Å². The Morgan fingerprint density at radius 1 is 1.29 bits per heavy atom. The lowest BCUT2D eigenvalue weighted by Crippen LogP contribution is -2.22. The SMILES string of the molecule is c1ccc(OCc2nc3c(s2)CNCC3)cc1. The summed E-state index contributed by atoms with van der Waals surface area (Å²) in [6, 6.07) is 9.88. The molecular formula is C13H14N2OS. The van der Waals surface area contributed by atoms with Crippen LogP contribution in [0.2, 0.25) is 0 Å². The summed E-state index contributed by atoms with van der Waals surface area (Å²) in [6.45, 7) is 2.57. The molecule has 17 heavy (non-hydrogen) atoms. The quantitative estimate of drug-likeness (QED) is 0.902. The normalized spacial score (nSPS) is 14.4. The monoisotopic (exact) mass is 246 g/mol. The Labute approximate surface area is 104 Å². The van der Waals surface area contributed by atoms with Crippen LogP contribution in [-0.2, 0) is 19.6 Å². The van der Waals surface area contributed by atoms with Crippen molar-refractivity contribution in [3.05, 3.63) is 45.9 Å². The summed E-state index contributed by atoms with van der Waals surface area (Å²) in [5, 5.41) is 4.43. The number of hydrogen-bond donors (Lipinski definition) is 1. The van der Waals surface area contributed by atoms with Gasteiger partial charge in [0.05, 0.1) is 5.69 Å². The first-order valence-corrected chi connectivity index (χ1v) is 6.59.